The second kappa shape index (κ2) is 5.07. The highest BCUT2D eigenvalue weighted by Crippen LogP contribution is 2.48. The molecule has 5 heteroatoms. The minimum absolute atomic E-state index is 0.00287. The lowest BCUT2D eigenvalue weighted by molar-refractivity contribution is -0.147. The number of nitrogens with zero attached hydrogens (tertiary/aromatic N) is 1. The Kier molecular flexibility index (Phi) is 3.26. The van der Waals surface area contributed by atoms with Crippen LogP contribution in [0.15, 0.2) is 36.5 Å². The molecular formula is C15H16N2O3. The third-order valence-electron chi connectivity index (χ3n) is 4.22. The van der Waals surface area contributed by atoms with Gasteiger partial charge in [0.1, 0.15) is 0 Å². The molecule has 3 rings (SSSR count). The molecule has 1 aromatic rings. The van der Waals surface area contributed by atoms with Crippen molar-refractivity contribution in [2.24, 2.45) is 23.7 Å². The second-order valence-electron chi connectivity index (χ2n) is 5.38. The van der Waals surface area contributed by atoms with Gasteiger partial charge in [0, 0.05) is 6.20 Å². The molecule has 2 aliphatic carbocycles. The van der Waals surface area contributed by atoms with E-state index in [1.54, 1.807) is 6.20 Å². The lowest BCUT2D eigenvalue weighted by Crippen LogP contribution is -2.40. The molecule has 2 bridgehead atoms. The smallest absolute Gasteiger partial charge is 0.307 e. The summed E-state index contributed by atoms with van der Waals surface area (Å²) in [5, 5.41) is 12.1. The van der Waals surface area contributed by atoms with Crippen molar-refractivity contribution in [1.82, 2.24) is 10.3 Å². The number of amides is 1. The predicted octanol–water partition coefficient (Wildman–Crippen LogP) is 1.22. The van der Waals surface area contributed by atoms with E-state index in [9.17, 15) is 14.7 Å². The first kappa shape index (κ1) is 12.8. The van der Waals surface area contributed by atoms with Gasteiger partial charge in [-0.25, -0.2) is 0 Å². The second-order valence-corrected chi connectivity index (χ2v) is 5.38. The normalized spacial score (nSPS) is 30.4. The molecule has 5 nitrogen and oxygen atoms in total. The monoisotopic (exact) mass is 272 g/mol. The van der Waals surface area contributed by atoms with Crippen LogP contribution in [0, 0.1) is 23.7 Å². The standard InChI is InChI=1S/C15H16N2O3/c18-14(17-8-11-3-1-2-6-16-11)12-9-4-5-10(7-9)13(12)15(19)20/h1-6,9-10,12-13H,7-8H2,(H,17,18)(H,19,20)/t9-,10-,12+,13+/m0/s1. The van der Waals surface area contributed by atoms with Gasteiger partial charge in [-0.3, -0.25) is 14.6 Å². The predicted molar refractivity (Wildman–Crippen MR) is 71.4 cm³/mol. The highest BCUT2D eigenvalue weighted by molar-refractivity contribution is 5.86. The summed E-state index contributed by atoms with van der Waals surface area (Å²) in [5.74, 6) is -2.03. The third-order valence-corrected chi connectivity index (χ3v) is 4.22. The van der Waals surface area contributed by atoms with Crippen LogP contribution in [0.4, 0.5) is 0 Å². The number of hydrogen-bond acceptors (Lipinski definition) is 3. The van der Waals surface area contributed by atoms with E-state index in [4.69, 9.17) is 0 Å². The Morgan fingerprint density at radius 1 is 1.25 bits per heavy atom. The summed E-state index contributed by atoms with van der Waals surface area (Å²) >= 11 is 0. The molecule has 20 heavy (non-hydrogen) atoms. The highest BCUT2D eigenvalue weighted by atomic mass is 16.4. The van der Waals surface area contributed by atoms with Gasteiger partial charge < -0.3 is 10.4 Å². The van der Waals surface area contributed by atoms with Crippen LogP contribution >= 0.6 is 0 Å². The summed E-state index contributed by atoms with van der Waals surface area (Å²) < 4.78 is 0. The number of aliphatic carboxylic acids is 1. The Morgan fingerprint density at radius 3 is 2.65 bits per heavy atom. The maximum atomic E-state index is 12.3. The molecule has 1 saturated carbocycles. The first-order valence-electron chi connectivity index (χ1n) is 6.75. The minimum atomic E-state index is -0.875. The molecule has 1 heterocycles. The Bertz CT molecular complexity index is 555. The lowest BCUT2D eigenvalue weighted by Gasteiger charge is -2.23. The number of rotatable bonds is 4. The van der Waals surface area contributed by atoms with Gasteiger partial charge in [0.2, 0.25) is 5.91 Å². The zero-order valence-corrected chi connectivity index (χ0v) is 10.9. The van der Waals surface area contributed by atoms with Crippen LogP contribution in [-0.4, -0.2) is 22.0 Å². The molecule has 1 aromatic heterocycles. The lowest BCUT2D eigenvalue weighted by atomic mass is 9.82. The van der Waals surface area contributed by atoms with Gasteiger partial charge in [-0.1, -0.05) is 18.2 Å². The van der Waals surface area contributed by atoms with Crippen molar-refractivity contribution in [2.45, 2.75) is 13.0 Å². The van der Waals surface area contributed by atoms with Crippen molar-refractivity contribution in [1.29, 1.82) is 0 Å². The average Bonchev–Trinajstić information content (AvgIpc) is 3.06. The number of carbonyl (C=O) groups excluding carboxylic acids is 1. The molecule has 2 N–H and O–H groups in total. The van der Waals surface area contributed by atoms with Crippen molar-refractivity contribution in [3.63, 3.8) is 0 Å². The fourth-order valence-electron chi connectivity index (χ4n) is 3.31. The molecule has 1 amide bonds. The molecule has 0 aromatic carbocycles. The fraction of sp³-hybridized carbons (Fsp3) is 0.400. The van der Waals surface area contributed by atoms with E-state index in [-0.39, 0.29) is 17.7 Å². The van der Waals surface area contributed by atoms with Crippen molar-refractivity contribution in [3.8, 4) is 0 Å². The van der Waals surface area contributed by atoms with E-state index >= 15 is 0 Å². The van der Waals surface area contributed by atoms with Crippen LogP contribution in [0.1, 0.15) is 12.1 Å². The average molecular weight is 272 g/mol. The number of carbonyl (C=O) groups is 2. The van der Waals surface area contributed by atoms with Crippen molar-refractivity contribution < 1.29 is 14.7 Å². The number of allylic oxidation sites excluding steroid dienone is 2. The molecule has 0 aliphatic heterocycles. The van der Waals surface area contributed by atoms with Crippen molar-refractivity contribution in [3.05, 3.63) is 42.2 Å². The number of aromatic nitrogens is 1. The van der Waals surface area contributed by atoms with Gasteiger partial charge in [-0.15, -0.1) is 0 Å². The molecule has 0 spiro atoms. The maximum absolute atomic E-state index is 12.3. The van der Waals surface area contributed by atoms with Gasteiger partial charge in [-0.05, 0) is 30.4 Å². The van der Waals surface area contributed by atoms with E-state index in [1.807, 2.05) is 30.4 Å². The number of carboxylic acids is 1. The first-order valence-corrected chi connectivity index (χ1v) is 6.75. The summed E-state index contributed by atoms with van der Waals surface area (Å²) in [6.07, 6.45) is 6.36. The third kappa shape index (κ3) is 2.19. The van der Waals surface area contributed by atoms with E-state index in [1.165, 1.54) is 0 Å². The Balaban J connectivity index is 1.68. The van der Waals surface area contributed by atoms with Gasteiger partial charge in [-0.2, -0.15) is 0 Å². The Hall–Kier alpha value is -2.17. The Labute approximate surface area is 116 Å². The van der Waals surface area contributed by atoms with Crippen molar-refractivity contribution >= 4 is 11.9 Å². The quantitative estimate of drug-likeness (QED) is 0.808. The van der Waals surface area contributed by atoms with Crippen molar-refractivity contribution in [2.75, 3.05) is 0 Å². The number of fused-ring (bicyclic) bond motifs is 2. The SMILES string of the molecule is O=C(O)[C@H]1[C@H](C(=O)NCc2ccccn2)[C@H]2C=C[C@H]1C2. The number of nitrogens with one attached hydrogen (secondary N) is 1. The topological polar surface area (TPSA) is 79.3 Å². The zero-order chi connectivity index (χ0) is 14.1. The molecule has 2 aliphatic rings. The largest absolute Gasteiger partial charge is 0.481 e. The zero-order valence-electron chi connectivity index (χ0n) is 10.9. The molecule has 0 unspecified atom stereocenters. The molecule has 0 radical (unpaired) electrons. The molecule has 0 saturated heterocycles. The summed E-state index contributed by atoms with van der Waals surface area (Å²) in [6.45, 7) is 0.337. The summed E-state index contributed by atoms with van der Waals surface area (Å²) in [5.41, 5.74) is 0.770. The van der Waals surface area contributed by atoms with Crippen LogP contribution < -0.4 is 5.32 Å². The van der Waals surface area contributed by atoms with E-state index < -0.39 is 17.8 Å². The highest BCUT2D eigenvalue weighted by Gasteiger charge is 2.51. The summed E-state index contributed by atoms with van der Waals surface area (Å²) in [4.78, 5) is 27.8. The molecular weight excluding hydrogens is 256 g/mol. The molecule has 1 fully saturated rings. The van der Waals surface area contributed by atoms with Gasteiger partial charge >= 0.3 is 5.97 Å². The number of hydrogen-bond donors (Lipinski definition) is 2. The van der Waals surface area contributed by atoms with Crippen LogP contribution in [0.2, 0.25) is 0 Å². The van der Waals surface area contributed by atoms with Crippen LogP contribution in [-0.2, 0) is 16.1 Å². The van der Waals surface area contributed by atoms with E-state index in [0.717, 1.165) is 12.1 Å². The number of pyridine rings is 1. The minimum Gasteiger partial charge on any atom is -0.481 e. The van der Waals surface area contributed by atoms with Gasteiger partial charge in [0.15, 0.2) is 0 Å². The summed E-state index contributed by atoms with van der Waals surface area (Å²) in [6, 6.07) is 5.50. The van der Waals surface area contributed by atoms with Crippen LogP contribution in [0.5, 0.6) is 0 Å². The van der Waals surface area contributed by atoms with Crippen LogP contribution in [0.25, 0.3) is 0 Å². The summed E-state index contributed by atoms with van der Waals surface area (Å²) in [7, 11) is 0. The first-order chi connectivity index (χ1) is 9.66. The van der Waals surface area contributed by atoms with Crippen LogP contribution in [0.3, 0.4) is 0 Å². The van der Waals surface area contributed by atoms with Gasteiger partial charge in [0.05, 0.1) is 24.1 Å². The fourth-order valence-corrected chi connectivity index (χ4v) is 3.31. The molecule has 4 atom stereocenters. The maximum Gasteiger partial charge on any atom is 0.307 e. The molecule has 104 valence electrons. The number of carboxylic acid groups (broad SMARTS) is 1. The van der Waals surface area contributed by atoms with Gasteiger partial charge in [0.25, 0.3) is 0 Å². The Morgan fingerprint density at radius 2 is 2.00 bits per heavy atom. The van der Waals surface area contributed by atoms with E-state index in [0.29, 0.717) is 6.54 Å². The van der Waals surface area contributed by atoms with E-state index in [2.05, 4.69) is 10.3 Å².